The van der Waals surface area contributed by atoms with Crippen LogP contribution in [0.15, 0.2) is 18.2 Å². The number of aliphatic hydroxyl groups is 1. The van der Waals surface area contributed by atoms with E-state index in [2.05, 4.69) is 5.32 Å². The maximum Gasteiger partial charge on any atom is 0.224 e. The molecule has 0 aliphatic rings. The van der Waals surface area contributed by atoms with Crippen LogP contribution in [0.1, 0.15) is 32.8 Å². The van der Waals surface area contributed by atoms with E-state index < -0.39 is 11.6 Å². The molecule has 0 saturated heterocycles. The SMILES string of the molecule is CC(C)(C)C(CCO)NC(=O)Cc1ccc(F)cc1F. The van der Waals surface area contributed by atoms with Crippen molar-refractivity contribution in [2.24, 2.45) is 5.41 Å². The molecule has 3 nitrogen and oxygen atoms in total. The predicted octanol–water partition coefficient (Wildman–Crippen LogP) is 2.42. The first-order chi connectivity index (χ1) is 9.24. The first-order valence-electron chi connectivity index (χ1n) is 6.58. The van der Waals surface area contributed by atoms with Crippen LogP contribution in [0.3, 0.4) is 0 Å². The summed E-state index contributed by atoms with van der Waals surface area (Å²) >= 11 is 0. The lowest BCUT2D eigenvalue weighted by Gasteiger charge is -2.31. The van der Waals surface area contributed by atoms with Gasteiger partial charge in [-0.2, -0.15) is 0 Å². The average Bonchev–Trinajstić information content (AvgIpc) is 2.31. The highest BCUT2D eigenvalue weighted by molar-refractivity contribution is 5.79. The average molecular weight is 285 g/mol. The van der Waals surface area contributed by atoms with Gasteiger partial charge in [0.1, 0.15) is 11.6 Å². The van der Waals surface area contributed by atoms with E-state index in [0.29, 0.717) is 6.42 Å². The molecule has 0 aliphatic heterocycles. The van der Waals surface area contributed by atoms with Crippen molar-refractivity contribution < 1.29 is 18.7 Å². The zero-order valence-corrected chi connectivity index (χ0v) is 12.0. The molecule has 1 aromatic carbocycles. The van der Waals surface area contributed by atoms with Gasteiger partial charge in [0, 0.05) is 18.7 Å². The van der Waals surface area contributed by atoms with E-state index in [1.54, 1.807) is 0 Å². The van der Waals surface area contributed by atoms with Gasteiger partial charge in [-0.3, -0.25) is 4.79 Å². The minimum atomic E-state index is -0.727. The number of nitrogens with one attached hydrogen (secondary N) is 1. The zero-order chi connectivity index (χ0) is 15.3. The summed E-state index contributed by atoms with van der Waals surface area (Å²) in [6.07, 6.45) is 0.283. The first kappa shape index (κ1) is 16.6. The van der Waals surface area contributed by atoms with Crippen molar-refractivity contribution in [2.75, 3.05) is 6.61 Å². The third-order valence-corrected chi connectivity index (χ3v) is 3.16. The molecule has 0 fully saturated rings. The Morgan fingerprint density at radius 3 is 2.50 bits per heavy atom. The van der Waals surface area contributed by atoms with Gasteiger partial charge in [-0.05, 0) is 23.5 Å². The quantitative estimate of drug-likeness (QED) is 0.873. The summed E-state index contributed by atoms with van der Waals surface area (Å²) in [4.78, 5) is 11.9. The van der Waals surface area contributed by atoms with Crippen LogP contribution in [-0.4, -0.2) is 23.7 Å². The lowest BCUT2D eigenvalue weighted by Crippen LogP contribution is -2.44. The molecule has 0 bridgehead atoms. The molecule has 0 saturated carbocycles. The van der Waals surface area contributed by atoms with Crippen molar-refractivity contribution >= 4 is 5.91 Å². The van der Waals surface area contributed by atoms with Crippen molar-refractivity contribution in [2.45, 2.75) is 39.7 Å². The molecular formula is C15H21F2NO2. The third-order valence-electron chi connectivity index (χ3n) is 3.16. The van der Waals surface area contributed by atoms with E-state index in [4.69, 9.17) is 5.11 Å². The minimum Gasteiger partial charge on any atom is -0.396 e. The smallest absolute Gasteiger partial charge is 0.224 e. The lowest BCUT2D eigenvalue weighted by molar-refractivity contribution is -0.122. The third kappa shape index (κ3) is 4.89. The fourth-order valence-corrected chi connectivity index (χ4v) is 1.93. The van der Waals surface area contributed by atoms with Gasteiger partial charge >= 0.3 is 0 Å². The van der Waals surface area contributed by atoms with E-state index in [0.717, 1.165) is 12.1 Å². The van der Waals surface area contributed by atoms with E-state index >= 15 is 0 Å². The van der Waals surface area contributed by atoms with E-state index in [1.807, 2.05) is 20.8 Å². The molecule has 1 rings (SSSR count). The number of carbonyl (C=O) groups excluding carboxylic acids is 1. The Labute approximate surface area is 118 Å². The standard InChI is InChI=1S/C15H21F2NO2/c1-15(2,3)13(6-7-19)18-14(20)8-10-4-5-11(16)9-12(10)17/h4-5,9,13,19H,6-8H2,1-3H3,(H,18,20). The second-order valence-electron chi connectivity index (χ2n) is 5.91. The van der Waals surface area contributed by atoms with Crippen LogP contribution in [0.5, 0.6) is 0 Å². The lowest BCUT2D eigenvalue weighted by atomic mass is 9.85. The van der Waals surface area contributed by atoms with Gasteiger partial charge in [0.05, 0.1) is 6.42 Å². The molecule has 0 radical (unpaired) electrons. The Bertz CT molecular complexity index is 469. The maximum atomic E-state index is 13.5. The van der Waals surface area contributed by atoms with Gasteiger partial charge in [0.15, 0.2) is 0 Å². The largest absolute Gasteiger partial charge is 0.396 e. The second kappa shape index (κ2) is 6.79. The van der Waals surface area contributed by atoms with Gasteiger partial charge in [0.2, 0.25) is 5.91 Å². The number of hydrogen-bond donors (Lipinski definition) is 2. The Kier molecular flexibility index (Phi) is 5.62. The van der Waals surface area contributed by atoms with Crippen molar-refractivity contribution in [3.05, 3.63) is 35.4 Å². The molecule has 2 N–H and O–H groups in total. The number of halogens is 2. The van der Waals surface area contributed by atoms with Gasteiger partial charge in [-0.1, -0.05) is 26.8 Å². The molecule has 0 heterocycles. The topological polar surface area (TPSA) is 49.3 Å². The van der Waals surface area contributed by atoms with Crippen LogP contribution in [0.25, 0.3) is 0 Å². The zero-order valence-electron chi connectivity index (χ0n) is 12.0. The maximum absolute atomic E-state index is 13.5. The molecule has 0 spiro atoms. The van der Waals surface area contributed by atoms with Gasteiger partial charge in [0.25, 0.3) is 0 Å². The van der Waals surface area contributed by atoms with Crippen molar-refractivity contribution in [3.8, 4) is 0 Å². The predicted molar refractivity (Wildman–Crippen MR) is 73.2 cm³/mol. The fraction of sp³-hybridized carbons (Fsp3) is 0.533. The summed E-state index contributed by atoms with van der Waals surface area (Å²) in [7, 11) is 0. The number of benzene rings is 1. The minimum absolute atomic E-state index is 0.0346. The van der Waals surface area contributed by atoms with Crippen LogP contribution >= 0.6 is 0 Å². The highest BCUT2D eigenvalue weighted by Crippen LogP contribution is 2.21. The molecule has 0 aromatic heterocycles. The Balaban J connectivity index is 2.70. The van der Waals surface area contributed by atoms with Crippen LogP contribution in [0, 0.1) is 17.0 Å². The molecule has 1 aromatic rings. The van der Waals surface area contributed by atoms with E-state index in [1.165, 1.54) is 6.07 Å². The molecule has 0 aliphatic carbocycles. The van der Waals surface area contributed by atoms with Gasteiger partial charge in [-0.25, -0.2) is 8.78 Å². The van der Waals surface area contributed by atoms with Crippen LogP contribution in [-0.2, 0) is 11.2 Å². The molecule has 20 heavy (non-hydrogen) atoms. The van der Waals surface area contributed by atoms with E-state index in [9.17, 15) is 13.6 Å². The molecule has 5 heteroatoms. The number of aliphatic hydroxyl groups excluding tert-OH is 1. The number of carbonyl (C=O) groups is 1. The molecule has 1 amide bonds. The first-order valence-corrected chi connectivity index (χ1v) is 6.58. The van der Waals surface area contributed by atoms with Gasteiger partial charge < -0.3 is 10.4 Å². The van der Waals surface area contributed by atoms with Crippen LogP contribution < -0.4 is 5.32 Å². The second-order valence-corrected chi connectivity index (χ2v) is 5.91. The number of rotatable bonds is 5. The highest BCUT2D eigenvalue weighted by atomic mass is 19.1. The molecular weight excluding hydrogens is 264 g/mol. The summed E-state index contributed by atoms with van der Waals surface area (Å²) in [6, 6.07) is 2.95. The Morgan fingerprint density at radius 1 is 1.35 bits per heavy atom. The van der Waals surface area contributed by atoms with Crippen LogP contribution in [0.4, 0.5) is 8.78 Å². The summed E-state index contributed by atoms with van der Waals surface area (Å²) in [5.74, 6) is -1.74. The summed E-state index contributed by atoms with van der Waals surface area (Å²) in [5, 5.41) is 11.8. The normalized spacial score (nSPS) is 13.1. The van der Waals surface area contributed by atoms with Crippen molar-refractivity contribution in [3.63, 3.8) is 0 Å². The van der Waals surface area contributed by atoms with Crippen LogP contribution in [0.2, 0.25) is 0 Å². The monoisotopic (exact) mass is 285 g/mol. The summed E-state index contributed by atoms with van der Waals surface area (Å²) < 4.78 is 26.3. The summed E-state index contributed by atoms with van der Waals surface area (Å²) in [6.45, 7) is 5.82. The Morgan fingerprint density at radius 2 is 2.00 bits per heavy atom. The fourth-order valence-electron chi connectivity index (χ4n) is 1.93. The molecule has 1 unspecified atom stereocenters. The van der Waals surface area contributed by atoms with E-state index in [-0.39, 0.29) is 36.0 Å². The van der Waals surface area contributed by atoms with Gasteiger partial charge in [-0.15, -0.1) is 0 Å². The molecule has 112 valence electrons. The van der Waals surface area contributed by atoms with Crippen molar-refractivity contribution in [1.29, 1.82) is 0 Å². The Hall–Kier alpha value is -1.49. The highest BCUT2D eigenvalue weighted by Gasteiger charge is 2.25. The molecule has 1 atom stereocenters. The van der Waals surface area contributed by atoms with Crippen molar-refractivity contribution in [1.82, 2.24) is 5.32 Å². The number of hydrogen-bond acceptors (Lipinski definition) is 2. The summed E-state index contributed by atoms with van der Waals surface area (Å²) in [5.41, 5.74) is -0.0553. The number of amides is 1.